The monoisotopic (exact) mass is 486 g/mol. The van der Waals surface area contributed by atoms with Crippen LogP contribution in [0.25, 0.3) is 0 Å². The lowest BCUT2D eigenvalue weighted by molar-refractivity contribution is 0.266. The van der Waals surface area contributed by atoms with Crippen LogP contribution in [0.5, 0.6) is 0 Å². The molecule has 138 valence electrons. The maximum Gasteiger partial charge on any atom is 0.250 e. The number of nitrogens with zero attached hydrogens (tertiary/aromatic N) is 2. The Morgan fingerprint density at radius 2 is 2.29 bits per heavy atom. The largest absolute Gasteiger partial charge is 0.357 e. The minimum Gasteiger partial charge on any atom is -0.357 e. The standard InChI is InChI=1S/C15H26N4O2S2.HI/c1-3-16-15(19-10-4-6-13(2)12-19)17-8-9-18-23(20,21)14-7-5-11-22-14;/h5,7,11,13,18H,3-4,6,8-10,12H2,1-2H3,(H,16,17);1H. The third-order valence-corrected chi connectivity index (χ3v) is 6.58. The number of rotatable bonds is 6. The molecule has 1 aromatic heterocycles. The number of likely N-dealkylation sites (tertiary alicyclic amines) is 1. The second kappa shape index (κ2) is 10.6. The van der Waals surface area contributed by atoms with Crippen molar-refractivity contribution in [2.24, 2.45) is 10.9 Å². The molecule has 0 aromatic carbocycles. The highest BCUT2D eigenvalue weighted by Gasteiger charge is 2.19. The molecule has 24 heavy (non-hydrogen) atoms. The van der Waals surface area contributed by atoms with E-state index in [4.69, 9.17) is 0 Å². The lowest BCUT2D eigenvalue weighted by Crippen LogP contribution is -2.46. The van der Waals surface area contributed by atoms with Gasteiger partial charge in [-0.05, 0) is 37.1 Å². The summed E-state index contributed by atoms with van der Waals surface area (Å²) in [4.78, 5) is 6.83. The molecule has 2 rings (SSSR count). The Labute approximate surface area is 166 Å². The molecule has 1 fully saturated rings. The van der Waals surface area contributed by atoms with Gasteiger partial charge >= 0.3 is 0 Å². The van der Waals surface area contributed by atoms with Gasteiger partial charge in [0.1, 0.15) is 4.21 Å². The maximum absolute atomic E-state index is 12.0. The van der Waals surface area contributed by atoms with Crippen molar-refractivity contribution in [2.45, 2.75) is 30.9 Å². The molecule has 0 amide bonds. The highest BCUT2D eigenvalue weighted by atomic mass is 127. The number of aliphatic imine (C=N–C) groups is 1. The maximum atomic E-state index is 12.0. The predicted molar refractivity (Wildman–Crippen MR) is 111 cm³/mol. The van der Waals surface area contributed by atoms with Gasteiger partial charge in [0, 0.05) is 26.2 Å². The molecule has 0 spiro atoms. The van der Waals surface area contributed by atoms with Crippen molar-refractivity contribution in [3.05, 3.63) is 17.5 Å². The molecule has 1 aliphatic rings. The molecule has 1 unspecified atom stereocenters. The molecule has 0 aliphatic carbocycles. The summed E-state index contributed by atoms with van der Waals surface area (Å²) in [6, 6.07) is 3.34. The molecule has 0 radical (unpaired) electrons. The van der Waals surface area contributed by atoms with Crippen molar-refractivity contribution in [2.75, 3.05) is 32.7 Å². The second-order valence-electron chi connectivity index (χ2n) is 5.76. The van der Waals surface area contributed by atoms with Crippen molar-refractivity contribution in [3.63, 3.8) is 0 Å². The normalized spacial score (nSPS) is 19.0. The third kappa shape index (κ3) is 6.49. The zero-order valence-corrected chi connectivity index (χ0v) is 18.2. The Kier molecular flexibility index (Phi) is 9.53. The zero-order chi connectivity index (χ0) is 16.7. The van der Waals surface area contributed by atoms with E-state index in [2.05, 4.69) is 26.9 Å². The molecular formula is C15H27IN4O2S2. The van der Waals surface area contributed by atoms with Crippen LogP contribution >= 0.6 is 35.3 Å². The summed E-state index contributed by atoms with van der Waals surface area (Å²) in [6.07, 6.45) is 2.44. The molecule has 9 heteroatoms. The Balaban J connectivity index is 0.00000288. The van der Waals surface area contributed by atoms with Crippen LogP contribution in [-0.2, 0) is 10.0 Å². The van der Waals surface area contributed by atoms with Gasteiger partial charge in [-0.3, -0.25) is 4.99 Å². The first-order valence-electron chi connectivity index (χ1n) is 8.09. The fourth-order valence-electron chi connectivity index (χ4n) is 2.64. The smallest absolute Gasteiger partial charge is 0.250 e. The molecule has 2 N–H and O–H groups in total. The third-order valence-electron chi connectivity index (χ3n) is 3.72. The molecule has 1 saturated heterocycles. The van der Waals surface area contributed by atoms with Gasteiger partial charge in [0.2, 0.25) is 10.0 Å². The summed E-state index contributed by atoms with van der Waals surface area (Å²) in [5.41, 5.74) is 0. The van der Waals surface area contributed by atoms with E-state index in [1.807, 2.05) is 6.92 Å². The van der Waals surface area contributed by atoms with Gasteiger partial charge in [0.15, 0.2) is 5.96 Å². The van der Waals surface area contributed by atoms with Crippen LogP contribution in [0.3, 0.4) is 0 Å². The van der Waals surface area contributed by atoms with E-state index in [-0.39, 0.29) is 24.0 Å². The highest BCUT2D eigenvalue weighted by molar-refractivity contribution is 14.0. The van der Waals surface area contributed by atoms with Gasteiger partial charge in [-0.2, -0.15) is 0 Å². The quantitative estimate of drug-likeness (QED) is 0.280. The van der Waals surface area contributed by atoms with Gasteiger partial charge < -0.3 is 10.2 Å². The van der Waals surface area contributed by atoms with Gasteiger partial charge in [0.05, 0.1) is 6.54 Å². The molecule has 1 aliphatic heterocycles. The van der Waals surface area contributed by atoms with Crippen molar-refractivity contribution in [1.82, 2.24) is 14.9 Å². The van der Waals surface area contributed by atoms with Crippen LogP contribution < -0.4 is 10.0 Å². The molecule has 6 nitrogen and oxygen atoms in total. The van der Waals surface area contributed by atoms with E-state index >= 15 is 0 Å². The summed E-state index contributed by atoms with van der Waals surface area (Å²) < 4.78 is 27.0. The lowest BCUT2D eigenvalue weighted by Gasteiger charge is -2.33. The topological polar surface area (TPSA) is 73.8 Å². The Bertz CT molecular complexity index is 605. The van der Waals surface area contributed by atoms with Gasteiger partial charge in [0.25, 0.3) is 0 Å². The average Bonchev–Trinajstić information content (AvgIpc) is 3.05. The summed E-state index contributed by atoms with van der Waals surface area (Å²) >= 11 is 1.22. The van der Waals surface area contributed by atoms with Crippen LogP contribution in [0.15, 0.2) is 26.7 Å². The summed E-state index contributed by atoms with van der Waals surface area (Å²) in [5, 5.41) is 5.06. The first-order valence-corrected chi connectivity index (χ1v) is 10.5. The van der Waals surface area contributed by atoms with Crippen LogP contribution in [-0.4, -0.2) is 52.0 Å². The van der Waals surface area contributed by atoms with Gasteiger partial charge in [-0.15, -0.1) is 35.3 Å². The Hall–Kier alpha value is -0.390. The van der Waals surface area contributed by atoms with E-state index in [1.54, 1.807) is 17.5 Å². The number of nitrogens with one attached hydrogen (secondary N) is 2. The minimum absolute atomic E-state index is 0. The fraction of sp³-hybridized carbons (Fsp3) is 0.667. The minimum atomic E-state index is -3.40. The number of halogens is 1. The SMILES string of the molecule is CCNC(=NCCNS(=O)(=O)c1cccs1)N1CCCC(C)C1.I. The molecule has 1 aromatic rings. The van der Waals surface area contributed by atoms with Gasteiger partial charge in [-0.1, -0.05) is 13.0 Å². The van der Waals surface area contributed by atoms with E-state index < -0.39 is 10.0 Å². The number of hydrogen-bond donors (Lipinski definition) is 2. The fourth-order valence-corrected chi connectivity index (χ4v) is 4.70. The van der Waals surface area contributed by atoms with Crippen LogP contribution in [0.1, 0.15) is 26.7 Å². The summed E-state index contributed by atoms with van der Waals surface area (Å²) in [5.74, 6) is 1.55. The predicted octanol–water partition coefficient (Wildman–Crippen LogP) is 2.34. The van der Waals surface area contributed by atoms with Crippen LogP contribution in [0.2, 0.25) is 0 Å². The van der Waals surface area contributed by atoms with Crippen molar-refractivity contribution in [3.8, 4) is 0 Å². The first kappa shape index (κ1) is 21.7. The number of hydrogen-bond acceptors (Lipinski definition) is 4. The Morgan fingerprint density at radius 3 is 2.92 bits per heavy atom. The Morgan fingerprint density at radius 1 is 1.50 bits per heavy atom. The first-order chi connectivity index (χ1) is 11.0. The molecule has 2 heterocycles. The summed E-state index contributed by atoms with van der Waals surface area (Å²) in [7, 11) is -3.40. The average molecular weight is 486 g/mol. The van der Waals surface area contributed by atoms with E-state index in [0.717, 1.165) is 25.6 Å². The number of thiophene rings is 1. The van der Waals surface area contributed by atoms with E-state index in [9.17, 15) is 8.42 Å². The number of guanidine groups is 1. The summed E-state index contributed by atoms with van der Waals surface area (Å²) in [6.45, 7) is 7.86. The number of sulfonamides is 1. The second-order valence-corrected chi connectivity index (χ2v) is 8.70. The molecule has 0 bridgehead atoms. The van der Waals surface area contributed by atoms with Crippen molar-refractivity contribution in [1.29, 1.82) is 0 Å². The lowest BCUT2D eigenvalue weighted by atomic mass is 10.0. The molecule has 1 atom stereocenters. The zero-order valence-electron chi connectivity index (χ0n) is 14.2. The van der Waals surface area contributed by atoms with Crippen molar-refractivity contribution >= 4 is 51.3 Å². The van der Waals surface area contributed by atoms with Gasteiger partial charge in [-0.25, -0.2) is 13.1 Å². The van der Waals surface area contributed by atoms with Crippen molar-refractivity contribution < 1.29 is 8.42 Å². The molecular weight excluding hydrogens is 459 g/mol. The highest BCUT2D eigenvalue weighted by Crippen LogP contribution is 2.16. The van der Waals surface area contributed by atoms with Crippen LogP contribution in [0.4, 0.5) is 0 Å². The van der Waals surface area contributed by atoms with E-state index in [0.29, 0.717) is 23.2 Å². The van der Waals surface area contributed by atoms with Crippen LogP contribution in [0, 0.1) is 5.92 Å². The molecule has 0 saturated carbocycles. The van der Waals surface area contributed by atoms with E-state index in [1.165, 1.54) is 24.2 Å². The number of piperidine rings is 1.